The van der Waals surface area contributed by atoms with E-state index in [0.717, 1.165) is 24.5 Å². The van der Waals surface area contributed by atoms with Crippen molar-refractivity contribution in [2.24, 2.45) is 0 Å². The van der Waals surface area contributed by atoms with E-state index < -0.39 is 0 Å². The molecule has 1 aliphatic heterocycles. The SMILES string of the molecule is CCN(CC)c1ccc(N2C(=O)/C(=C/c3ccco3)SC2=S)cc1. The van der Waals surface area contributed by atoms with E-state index in [0.29, 0.717) is 15.0 Å². The summed E-state index contributed by atoms with van der Waals surface area (Å²) in [5.74, 6) is 0.532. The molecule has 0 unspecified atom stereocenters. The van der Waals surface area contributed by atoms with Gasteiger partial charge in [0.05, 0.1) is 16.9 Å². The summed E-state index contributed by atoms with van der Waals surface area (Å²) in [5.41, 5.74) is 1.93. The first-order chi connectivity index (χ1) is 11.6. The minimum atomic E-state index is -0.114. The Bertz CT molecular complexity index is 763. The Morgan fingerprint density at radius 3 is 2.50 bits per heavy atom. The first-order valence-electron chi connectivity index (χ1n) is 7.80. The second-order valence-electron chi connectivity index (χ2n) is 5.22. The van der Waals surface area contributed by atoms with Crippen molar-refractivity contribution in [3.63, 3.8) is 0 Å². The number of carbonyl (C=O) groups is 1. The topological polar surface area (TPSA) is 36.7 Å². The van der Waals surface area contributed by atoms with Gasteiger partial charge in [0.1, 0.15) is 5.76 Å². The summed E-state index contributed by atoms with van der Waals surface area (Å²) in [5, 5.41) is 0. The average molecular weight is 358 g/mol. The maximum absolute atomic E-state index is 12.7. The predicted octanol–water partition coefficient (Wildman–Crippen LogP) is 4.53. The molecule has 1 saturated heterocycles. The number of nitrogens with zero attached hydrogens (tertiary/aromatic N) is 2. The highest BCUT2D eigenvalue weighted by Crippen LogP contribution is 2.36. The minimum Gasteiger partial charge on any atom is -0.465 e. The molecule has 1 aliphatic rings. The van der Waals surface area contributed by atoms with Gasteiger partial charge in [0.15, 0.2) is 4.32 Å². The molecule has 3 rings (SSSR count). The van der Waals surface area contributed by atoms with Crippen molar-refractivity contribution in [1.82, 2.24) is 0 Å². The predicted molar refractivity (Wildman–Crippen MR) is 104 cm³/mol. The molecule has 124 valence electrons. The number of anilines is 2. The van der Waals surface area contributed by atoms with Crippen LogP contribution < -0.4 is 9.80 Å². The smallest absolute Gasteiger partial charge is 0.270 e. The molecule has 24 heavy (non-hydrogen) atoms. The largest absolute Gasteiger partial charge is 0.465 e. The second-order valence-corrected chi connectivity index (χ2v) is 6.90. The lowest BCUT2D eigenvalue weighted by Gasteiger charge is -2.22. The van der Waals surface area contributed by atoms with Crippen LogP contribution in [0.3, 0.4) is 0 Å². The van der Waals surface area contributed by atoms with E-state index in [1.54, 1.807) is 23.3 Å². The van der Waals surface area contributed by atoms with Crippen molar-refractivity contribution in [3.05, 3.63) is 53.3 Å². The zero-order valence-electron chi connectivity index (χ0n) is 13.6. The van der Waals surface area contributed by atoms with Gasteiger partial charge in [0.2, 0.25) is 0 Å². The lowest BCUT2D eigenvalue weighted by Crippen LogP contribution is -2.27. The van der Waals surface area contributed by atoms with Crippen LogP contribution in [0.1, 0.15) is 19.6 Å². The van der Waals surface area contributed by atoms with E-state index in [4.69, 9.17) is 16.6 Å². The van der Waals surface area contributed by atoms with Crippen molar-refractivity contribution in [3.8, 4) is 0 Å². The molecule has 0 aliphatic carbocycles. The van der Waals surface area contributed by atoms with E-state index in [1.165, 1.54) is 11.8 Å². The van der Waals surface area contributed by atoms with Crippen LogP contribution in [0, 0.1) is 0 Å². The molecule has 6 heteroatoms. The summed E-state index contributed by atoms with van der Waals surface area (Å²) in [4.78, 5) is 17.1. The van der Waals surface area contributed by atoms with E-state index in [-0.39, 0.29) is 5.91 Å². The monoisotopic (exact) mass is 358 g/mol. The van der Waals surface area contributed by atoms with E-state index >= 15 is 0 Å². The molecule has 0 atom stereocenters. The third kappa shape index (κ3) is 3.25. The van der Waals surface area contributed by atoms with Gasteiger partial charge in [-0.1, -0.05) is 24.0 Å². The Labute approximate surface area is 151 Å². The standard InChI is InChI=1S/C18H18N2O2S2/c1-3-19(4-2)13-7-9-14(10-8-13)20-17(21)16(24-18(20)23)12-15-6-5-11-22-15/h5-12H,3-4H2,1-2H3/b16-12-. The van der Waals surface area contributed by atoms with Crippen molar-refractivity contribution >= 4 is 51.7 Å². The molecule has 1 aromatic heterocycles. The second kappa shape index (κ2) is 7.23. The van der Waals surface area contributed by atoms with Crippen LogP contribution in [0.25, 0.3) is 6.08 Å². The highest BCUT2D eigenvalue weighted by molar-refractivity contribution is 8.27. The van der Waals surface area contributed by atoms with E-state index in [2.05, 4.69) is 18.7 Å². The number of rotatable bonds is 5. The number of hydrogen-bond donors (Lipinski definition) is 0. The normalized spacial score (nSPS) is 16.2. The molecule has 2 heterocycles. The van der Waals surface area contributed by atoms with E-state index in [9.17, 15) is 4.79 Å². The van der Waals surface area contributed by atoms with Gasteiger partial charge in [-0.05, 0) is 50.2 Å². The third-order valence-corrected chi connectivity index (χ3v) is 5.15. The maximum Gasteiger partial charge on any atom is 0.270 e. The first kappa shape index (κ1) is 16.8. The van der Waals surface area contributed by atoms with Gasteiger partial charge in [-0.3, -0.25) is 9.69 Å². The number of thioether (sulfide) groups is 1. The highest BCUT2D eigenvalue weighted by atomic mass is 32.2. The molecule has 1 amide bonds. The molecule has 0 radical (unpaired) electrons. The first-order valence-corrected chi connectivity index (χ1v) is 9.03. The van der Waals surface area contributed by atoms with Crippen LogP contribution >= 0.6 is 24.0 Å². The fraction of sp³-hybridized carbons (Fsp3) is 0.222. The molecule has 1 fully saturated rings. The van der Waals surface area contributed by atoms with Gasteiger partial charge >= 0.3 is 0 Å². The van der Waals surface area contributed by atoms with Crippen molar-refractivity contribution in [1.29, 1.82) is 0 Å². The lowest BCUT2D eigenvalue weighted by atomic mass is 10.2. The number of furan rings is 1. The summed E-state index contributed by atoms with van der Waals surface area (Å²) in [7, 11) is 0. The summed E-state index contributed by atoms with van der Waals surface area (Å²) in [6.45, 7) is 6.14. The Balaban J connectivity index is 1.84. The third-order valence-electron chi connectivity index (χ3n) is 3.85. The van der Waals surface area contributed by atoms with Crippen molar-refractivity contribution < 1.29 is 9.21 Å². The molecule has 1 aromatic carbocycles. The fourth-order valence-electron chi connectivity index (χ4n) is 2.59. The van der Waals surface area contributed by atoms with Gasteiger partial charge in [0.25, 0.3) is 5.91 Å². The molecule has 0 saturated carbocycles. The van der Waals surface area contributed by atoms with Gasteiger partial charge in [0, 0.05) is 24.9 Å². The summed E-state index contributed by atoms with van der Waals surface area (Å²) >= 11 is 6.68. The highest BCUT2D eigenvalue weighted by Gasteiger charge is 2.33. The quantitative estimate of drug-likeness (QED) is 0.580. The number of carbonyl (C=O) groups excluding carboxylic acids is 1. The fourth-order valence-corrected chi connectivity index (χ4v) is 3.87. The molecule has 2 aromatic rings. The summed E-state index contributed by atoms with van der Waals surface area (Å²) < 4.78 is 5.81. The van der Waals surface area contributed by atoms with Crippen LogP contribution in [0.4, 0.5) is 11.4 Å². The Hall–Kier alpha value is -2.05. The van der Waals surface area contributed by atoms with Crippen LogP contribution in [-0.4, -0.2) is 23.3 Å². The van der Waals surface area contributed by atoms with Crippen LogP contribution in [0.15, 0.2) is 52.0 Å². The van der Waals surface area contributed by atoms with Gasteiger partial charge in [-0.25, -0.2) is 0 Å². The van der Waals surface area contributed by atoms with Gasteiger partial charge in [-0.2, -0.15) is 0 Å². The van der Waals surface area contributed by atoms with Crippen molar-refractivity contribution in [2.45, 2.75) is 13.8 Å². The molecule has 0 spiro atoms. The zero-order valence-corrected chi connectivity index (χ0v) is 15.2. The summed E-state index contributed by atoms with van der Waals surface area (Å²) in [6, 6.07) is 11.5. The Kier molecular flexibility index (Phi) is 5.06. The van der Waals surface area contributed by atoms with Gasteiger partial charge in [-0.15, -0.1) is 0 Å². The number of hydrogen-bond acceptors (Lipinski definition) is 5. The molecular formula is C18H18N2O2S2. The molecule has 4 nitrogen and oxygen atoms in total. The minimum absolute atomic E-state index is 0.114. The van der Waals surface area contributed by atoms with Crippen LogP contribution in [0.5, 0.6) is 0 Å². The van der Waals surface area contributed by atoms with Crippen molar-refractivity contribution in [2.75, 3.05) is 22.9 Å². The Morgan fingerprint density at radius 2 is 1.92 bits per heavy atom. The number of amides is 1. The molecular weight excluding hydrogens is 340 g/mol. The maximum atomic E-state index is 12.7. The Morgan fingerprint density at radius 1 is 1.21 bits per heavy atom. The average Bonchev–Trinajstić information content (AvgIpc) is 3.19. The van der Waals surface area contributed by atoms with Crippen LogP contribution in [-0.2, 0) is 4.79 Å². The number of benzene rings is 1. The molecule has 0 bridgehead atoms. The molecule has 0 N–H and O–H groups in total. The van der Waals surface area contributed by atoms with E-state index in [1.807, 2.05) is 30.3 Å². The summed E-state index contributed by atoms with van der Waals surface area (Å²) in [6.07, 6.45) is 3.31. The lowest BCUT2D eigenvalue weighted by molar-refractivity contribution is -0.113. The number of thiocarbonyl (C=S) groups is 1. The van der Waals surface area contributed by atoms with Gasteiger partial charge < -0.3 is 9.32 Å². The zero-order chi connectivity index (χ0) is 17.1. The van der Waals surface area contributed by atoms with Crippen LogP contribution in [0.2, 0.25) is 0 Å².